The van der Waals surface area contributed by atoms with Crippen LogP contribution in [-0.2, 0) is 0 Å². The van der Waals surface area contributed by atoms with Crippen molar-refractivity contribution in [2.75, 3.05) is 43.5 Å². The highest BCUT2D eigenvalue weighted by Crippen LogP contribution is 2.22. The van der Waals surface area contributed by atoms with Crippen LogP contribution in [0.1, 0.15) is 20.7 Å². The van der Waals surface area contributed by atoms with E-state index < -0.39 is 0 Å². The van der Waals surface area contributed by atoms with Crippen molar-refractivity contribution >= 4 is 34.8 Å². The molecule has 0 atom stereocenters. The molecule has 0 aliphatic carbocycles. The Bertz CT molecular complexity index is 1090. The van der Waals surface area contributed by atoms with Gasteiger partial charge in [-0.05, 0) is 60.7 Å². The standard InChI is InChI=1S/C24H23ClN4O3/c1-32-20-10-4-17(5-11-20)24(31)29-15-13-28(14-16-29)19-8-6-18(7-9-19)27-23(30)21-3-2-12-26-22(21)25/h2-12H,13-16H2,1H3,(H,27,30). The minimum atomic E-state index is -0.304. The van der Waals surface area contributed by atoms with E-state index in [9.17, 15) is 9.59 Å². The lowest BCUT2D eigenvalue weighted by Gasteiger charge is -2.36. The highest BCUT2D eigenvalue weighted by molar-refractivity contribution is 6.33. The number of nitrogens with zero attached hydrogens (tertiary/aromatic N) is 3. The minimum absolute atomic E-state index is 0.0272. The quantitative estimate of drug-likeness (QED) is 0.595. The van der Waals surface area contributed by atoms with E-state index in [4.69, 9.17) is 16.3 Å². The molecule has 0 unspecified atom stereocenters. The maximum Gasteiger partial charge on any atom is 0.258 e. The Hall–Kier alpha value is -3.58. The van der Waals surface area contributed by atoms with Gasteiger partial charge < -0.3 is 19.9 Å². The van der Waals surface area contributed by atoms with Gasteiger partial charge in [0.25, 0.3) is 11.8 Å². The van der Waals surface area contributed by atoms with Gasteiger partial charge >= 0.3 is 0 Å². The molecule has 0 bridgehead atoms. The maximum atomic E-state index is 12.7. The molecule has 4 rings (SSSR count). The third-order valence-electron chi connectivity index (χ3n) is 5.40. The molecule has 2 aromatic carbocycles. The molecule has 1 aliphatic rings. The molecule has 8 heteroatoms. The van der Waals surface area contributed by atoms with Crippen molar-refractivity contribution < 1.29 is 14.3 Å². The van der Waals surface area contributed by atoms with Crippen LogP contribution in [0, 0.1) is 0 Å². The third-order valence-corrected chi connectivity index (χ3v) is 5.70. The second-order valence-electron chi connectivity index (χ2n) is 7.35. The largest absolute Gasteiger partial charge is 0.497 e. The van der Waals surface area contributed by atoms with E-state index in [1.807, 2.05) is 29.2 Å². The number of halogens is 1. The molecule has 1 saturated heterocycles. The van der Waals surface area contributed by atoms with E-state index in [2.05, 4.69) is 15.2 Å². The number of benzene rings is 2. The summed E-state index contributed by atoms with van der Waals surface area (Å²) in [5.41, 5.74) is 2.70. The summed E-state index contributed by atoms with van der Waals surface area (Å²) in [6, 6.07) is 18.1. The summed E-state index contributed by atoms with van der Waals surface area (Å²) in [5.74, 6) is 0.454. The van der Waals surface area contributed by atoms with Crippen LogP contribution in [0.2, 0.25) is 5.15 Å². The van der Waals surface area contributed by atoms with Gasteiger partial charge in [-0.15, -0.1) is 0 Å². The zero-order chi connectivity index (χ0) is 22.5. The number of carbonyl (C=O) groups is 2. The Kier molecular flexibility index (Phi) is 6.56. The van der Waals surface area contributed by atoms with Gasteiger partial charge in [0.2, 0.25) is 0 Å². The van der Waals surface area contributed by atoms with Crippen LogP contribution < -0.4 is 15.0 Å². The van der Waals surface area contributed by atoms with Crippen molar-refractivity contribution in [2.24, 2.45) is 0 Å². The summed E-state index contributed by atoms with van der Waals surface area (Å²) in [6.45, 7) is 2.75. The predicted octanol–water partition coefficient (Wildman–Crippen LogP) is 3.96. The number of rotatable bonds is 5. The van der Waals surface area contributed by atoms with Crippen LogP contribution in [0.5, 0.6) is 5.75 Å². The molecular weight excluding hydrogens is 428 g/mol. The molecule has 1 aromatic heterocycles. The fraction of sp³-hybridized carbons (Fsp3) is 0.208. The number of aromatic nitrogens is 1. The van der Waals surface area contributed by atoms with Crippen LogP contribution in [-0.4, -0.2) is 55.0 Å². The molecule has 2 heterocycles. The average Bonchev–Trinajstić information content (AvgIpc) is 2.84. The number of ether oxygens (including phenoxy) is 1. The van der Waals surface area contributed by atoms with Gasteiger partial charge in [-0.25, -0.2) is 4.98 Å². The highest BCUT2D eigenvalue weighted by Gasteiger charge is 2.22. The summed E-state index contributed by atoms with van der Waals surface area (Å²) >= 11 is 5.99. The monoisotopic (exact) mass is 450 g/mol. The molecular formula is C24H23ClN4O3. The molecule has 0 saturated carbocycles. The van der Waals surface area contributed by atoms with Gasteiger partial charge in [0, 0.05) is 49.3 Å². The van der Waals surface area contributed by atoms with Crippen LogP contribution in [0.4, 0.5) is 11.4 Å². The van der Waals surface area contributed by atoms with Crippen molar-refractivity contribution in [1.29, 1.82) is 0 Å². The van der Waals surface area contributed by atoms with Crippen LogP contribution >= 0.6 is 11.6 Å². The minimum Gasteiger partial charge on any atom is -0.497 e. The highest BCUT2D eigenvalue weighted by atomic mass is 35.5. The number of carbonyl (C=O) groups excluding carboxylic acids is 2. The lowest BCUT2D eigenvalue weighted by molar-refractivity contribution is 0.0746. The molecule has 0 spiro atoms. The Morgan fingerprint density at radius 2 is 1.66 bits per heavy atom. The molecule has 2 amide bonds. The van der Waals surface area contributed by atoms with E-state index in [0.717, 1.165) is 24.5 Å². The normalized spacial score (nSPS) is 13.6. The van der Waals surface area contributed by atoms with Gasteiger partial charge in [-0.1, -0.05) is 11.6 Å². The van der Waals surface area contributed by atoms with Gasteiger partial charge in [0.15, 0.2) is 0 Å². The second kappa shape index (κ2) is 9.70. The number of methoxy groups -OCH3 is 1. The van der Waals surface area contributed by atoms with Crippen LogP contribution in [0.3, 0.4) is 0 Å². The Labute approximate surface area is 191 Å². The van der Waals surface area contributed by atoms with E-state index in [0.29, 0.717) is 29.9 Å². The number of nitrogens with one attached hydrogen (secondary N) is 1. The molecule has 1 N–H and O–H groups in total. The van der Waals surface area contributed by atoms with E-state index >= 15 is 0 Å². The van der Waals surface area contributed by atoms with Crippen molar-refractivity contribution in [3.63, 3.8) is 0 Å². The zero-order valence-electron chi connectivity index (χ0n) is 17.6. The maximum absolute atomic E-state index is 12.7. The fourth-order valence-electron chi connectivity index (χ4n) is 3.59. The molecule has 1 fully saturated rings. The second-order valence-corrected chi connectivity index (χ2v) is 7.71. The number of pyridine rings is 1. The molecule has 164 valence electrons. The van der Waals surface area contributed by atoms with Crippen molar-refractivity contribution in [3.8, 4) is 5.75 Å². The van der Waals surface area contributed by atoms with Crippen LogP contribution in [0.15, 0.2) is 66.9 Å². The number of hydrogen-bond donors (Lipinski definition) is 1. The predicted molar refractivity (Wildman–Crippen MR) is 125 cm³/mol. The van der Waals surface area contributed by atoms with Crippen molar-refractivity contribution in [1.82, 2.24) is 9.88 Å². The summed E-state index contributed by atoms with van der Waals surface area (Å²) in [5, 5.41) is 3.00. The fourth-order valence-corrected chi connectivity index (χ4v) is 3.80. The van der Waals surface area contributed by atoms with Gasteiger partial charge in [0.05, 0.1) is 12.7 Å². The Morgan fingerprint density at radius 3 is 2.28 bits per heavy atom. The molecule has 32 heavy (non-hydrogen) atoms. The van der Waals surface area contributed by atoms with Crippen molar-refractivity contribution in [2.45, 2.75) is 0 Å². The molecule has 7 nitrogen and oxygen atoms in total. The smallest absolute Gasteiger partial charge is 0.258 e. The number of hydrogen-bond acceptors (Lipinski definition) is 5. The van der Waals surface area contributed by atoms with Crippen molar-refractivity contribution in [3.05, 3.63) is 83.1 Å². The summed E-state index contributed by atoms with van der Waals surface area (Å²) < 4.78 is 5.15. The first-order valence-electron chi connectivity index (χ1n) is 10.3. The van der Waals surface area contributed by atoms with Crippen LogP contribution in [0.25, 0.3) is 0 Å². The first-order chi connectivity index (χ1) is 15.5. The number of anilines is 2. The average molecular weight is 451 g/mol. The first-order valence-corrected chi connectivity index (χ1v) is 10.6. The SMILES string of the molecule is COc1ccc(C(=O)N2CCN(c3ccc(NC(=O)c4cccnc4Cl)cc3)CC2)cc1. The Morgan fingerprint density at radius 1 is 0.969 bits per heavy atom. The Balaban J connectivity index is 1.33. The van der Waals surface area contributed by atoms with Gasteiger partial charge in [0.1, 0.15) is 10.9 Å². The zero-order valence-corrected chi connectivity index (χ0v) is 18.4. The summed E-state index contributed by atoms with van der Waals surface area (Å²) in [7, 11) is 1.60. The molecule has 1 aliphatic heterocycles. The van der Waals surface area contributed by atoms with Gasteiger partial charge in [-0.3, -0.25) is 9.59 Å². The first kappa shape index (κ1) is 21.6. The van der Waals surface area contributed by atoms with E-state index in [1.54, 1.807) is 43.5 Å². The lowest BCUT2D eigenvalue weighted by Crippen LogP contribution is -2.48. The summed E-state index contributed by atoms with van der Waals surface area (Å²) in [4.78, 5) is 33.1. The number of amides is 2. The molecule has 0 radical (unpaired) electrons. The third kappa shape index (κ3) is 4.84. The van der Waals surface area contributed by atoms with Gasteiger partial charge in [-0.2, -0.15) is 0 Å². The van der Waals surface area contributed by atoms with E-state index in [-0.39, 0.29) is 17.0 Å². The topological polar surface area (TPSA) is 74.8 Å². The number of piperazine rings is 1. The van der Waals surface area contributed by atoms with E-state index in [1.165, 1.54) is 6.20 Å². The lowest BCUT2D eigenvalue weighted by atomic mass is 10.1. The molecule has 3 aromatic rings. The summed E-state index contributed by atoms with van der Waals surface area (Å²) in [6.07, 6.45) is 1.54.